The molecule has 1 heterocycles. The first-order valence-electron chi connectivity index (χ1n) is 7.68. The van der Waals surface area contributed by atoms with Crippen molar-refractivity contribution in [1.29, 1.82) is 0 Å². The lowest BCUT2D eigenvalue weighted by Crippen LogP contribution is -2.38. The van der Waals surface area contributed by atoms with E-state index in [2.05, 4.69) is 0 Å². The molecule has 0 radical (unpaired) electrons. The molecule has 2 heteroatoms. The van der Waals surface area contributed by atoms with E-state index in [1.54, 1.807) is 0 Å². The van der Waals surface area contributed by atoms with E-state index in [0.717, 1.165) is 11.8 Å². The van der Waals surface area contributed by atoms with Crippen molar-refractivity contribution in [1.82, 2.24) is 0 Å². The molecule has 1 aliphatic heterocycles. The van der Waals surface area contributed by atoms with Crippen LogP contribution >= 0.6 is 0 Å². The van der Waals surface area contributed by atoms with Crippen molar-refractivity contribution >= 4 is 0 Å². The predicted molar refractivity (Wildman–Crippen MR) is 67.8 cm³/mol. The third kappa shape index (κ3) is 2.68. The van der Waals surface area contributed by atoms with Gasteiger partial charge in [0.2, 0.25) is 0 Å². The average Bonchev–Trinajstić information content (AvgIpc) is 2.90. The normalized spacial score (nSPS) is 37.4. The monoisotopic (exact) mass is 238 g/mol. The molecule has 98 valence electrons. The van der Waals surface area contributed by atoms with Crippen molar-refractivity contribution in [2.75, 3.05) is 6.79 Å². The summed E-state index contributed by atoms with van der Waals surface area (Å²) in [5.41, 5.74) is 0. The molecule has 2 saturated carbocycles. The van der Waals surface area contributed by atoms with E-state index in [1.165, 1.54) is 64.2 Å². The molecule has 0 unspecified atom stereocenters. The van der Waals surface area contributed by atoms with Gasteiger partial charge in [-0.05, 0) is 37.5 Å². The summed E-state index contributed by atoms with van der Waals surface area (Å²) in [5, 5.41) is 0. The second-order valence-corrected chi connectivity index (χ2v) is 6.18. The molecule has 0 aromatic rings. The highest BCUT2D eigenvalue weighted by Crippen LogP contribution is 2.39. The van der Waals surface area contributed by atoms with E-state index in [-0.39, 0.29) is 0 Å². The fourth-order valence-electron chi connectivity index (χ4n) is 4.12. The van der Waals surface area contributed by atoms with Crippen LogP contribution in [0, 0.1) is 11.8 Å². The molecule has 0 aromatic carbocycles. The van der Waals surface area contributed by atoms with E-state index in [9.17, 15) is 0 Å². The molecule has 3 aliphatic rings. The van der Waals surface area contributed by atoms with Gasteiger partial charge in [0.25, 0.3) is 0 Å². The predicted octanol–water partition coefficient (Wildman–Crippen LogP) is 3.89. The Hall–Kier alpha value is -0.0800. The van der Waals surface area contributed by atoms with E-state index < -0.39 is 0 Å². The lowest BCUT2D eigenvalue weighted by atomic mass is 9.77. The first kappa shape index (κ1) is 12.0. The highest BCUT2D eigenvalue weighted by molar-refractivity contribution is 4.88. The minimum absolute atomic E-state index is 0.429. The molecule has 3 fully saturated rings. The van der Waals surface area contributed by atoms with E-state index in [0.29, 0.717) is 19.0 Å². The van der Waals surface area contributed by atoms with Crippen LogP contribution in [0.1, 0.15) is 64.2 Å². The molecule has 0 aromatic heterocycles. The molecule has 2 atom stereocenters. The van der Waals surface area contributed by atoms with Crippen molar-refractivity contribution in [3.05, 3.63) is 0 Å². The zero-order valence-corrected chi connectivity index (χ0v) is 10.9. The van der Waals surface area contributed by atoms with Crippen LogP contribution in [-0.2, 0) is 9.47 Å². The van der Waals surface area contributed by atoms with E-state index >= 15 is 0 Å². The Morgan fingerprint density at radius 2 is 0.941 bits per heavy atom. The summed E-state index contributed by atoms with van der Waals surface area (Å²) in [6.45, 7) is 0.558. The maximum Gasteiger partial charge on any atom is 0.147 e. The summed E-state index contributed by atoms with van der Waals surface area (Å²) < 4.78 is 11.9. The third-order valence-corrected chi connectivity index (χ3v) is 5.07. The van der Waals surface area contributed by atoms with Crippen LogP contribution in [0.5, 0.6) is 0 Å². The zero-order valence-electron chi connectivity index (χ0n) is 10.9. The molecule has 2 aliphatic carbocycles. The van der Waals surface area contributed by atoms with E-state index in [1.807, 2.05) is 0 Å². The number of rotatable bonds is 2. The van der Waals surface area contributed by atoms with Gasteiger partial charge >= 0.3 is 0 Å². The Morgan fingerprint density at radius 3 is 1.35 bits per heavy atom. The van der Waals surface area contributed by atoms with E-state index in [4.69, 9.17) is 9.47 Å². The lowest BCUT2D eigenvalue weighted by molar-refractivity contribution is 0.0186. The molecule has 1 saturated heterocycles. The van der Waals surface area contributed by atoms with Gasteiger partial charge in [0.15, 0.2) is 0 Å². The van der Waals surface area contributed by atoms with Crippen LogP contribution in [0.25, 0.3) is 0 Å². The van der Waals surface area contributed by atoms with Gasteiger partial charge in [-0.15, -0.1) is 0 Å². The third-order valence-electron chi connectivity index (χ3n) is 5.07. The molecular weight excluding hydrogens is 212 g/mol. The molecule has 17 heavy (non-hydrogen) atoms. The zero-order chi connectivity index (χ0) is 11.5. The van der Waals surface area contributed by atoms with Crippen molar-refractivity contribution in [3.63, 3.8) is 0 Å². The first-order valence-corrected chi connectivity index (χ1v) is 7.68. The minimum atomic E-state index is 0.429. The standard InChI is InChI=1S/C15H26O2/c1-3-7-12(8-4-1)14-15(17-11-16-14)13-9-5-2-6-10-13/h12-15H,1-11H2/t14-,15-/m1/s1. The van der Waals surface area contributed by atoms with Gasteiger partial charge < -0.3 is 9.47 Å². The Morgan fingerprint density at radius 1 is 0.529 bits per heavy atom. The van der Waals surface area contributed by atoms with Crippen molar-refractivity contribution in [2.45, 2.75) is 76.4 Å². The van der Waals surface area contributed by atoms with Gasteiger partial charge in [-0.3, -0.25) is 0 Å². The van der Waals surface area contributed by atoms with Crippen LogP contribution < -0.4 is 0 Å². The van der Waals surface area contributed by atoms with Gasteiger partial charge in [-0.2, -0.15) is 0 Å². The lowest BCUT2D eigenvalue weighted by Gasteiger charge is -2.34. The van der Waals surface area contributed by atoms with Gasteiger partial charge in [0.05, 0.1) is 12.2 Å². The van der Waals surface area contributed by atoms with Crippen molar-refractivity contribution in [2.24, 2.45) is 11.8 Å². The molecule has 0 amide bonds. The van der Waals surface area contributed by atoms with Crippen LogP contribution in [0.15, 0.2) is 0 Å². The Kier molecular flexibility index (Phi) is 4.02. The minimum Gasteiger partial charge on any atom is -0.349 e. The second kappa shape index (κ2) is 5.71. The molecule has 3 rings (SSSR count). The van der Waals surface area contributed by atoms with Crippen molar-refractivity contribution in [3.8, 4) is 0 Å². The maximum absolute atomic E-state index is 5.94. The topological polar surface area (TPSA) is 18.5 Å². The van der Waals surface area contributed by atoms with Gasteiger partial charge in [-0.25, -0.2) is 0 Å². The summed E-state index contributed by atoms with van der Waals surface area (Å²) in [7, 11) is 0. The first-order chi connectivity index (χ1) is 8.45. The number of hydrogen-bond donors (Lipinski definition) is 0. The smallest absolute Gasteiger partial charge is 0.147 e. The molecule has 2 nitrogen and oxygen atoms in total. The Bertz CT molecular complexity index is 205. The summed E-state index contributed by atoms with van der Waals surface area (Å²) in [5.74, 6) is 1.58. The van der Waals surface area contributed by atoms with Gasteiger partial charge in [0, 0.05) is 0 Å². The van der Waals surface area contributed by atoms with Crippen molar-refractivity contribution < 1.29 is 9.47 Å². The molecule has 0 bridgehead atoms. The Balaban J connectivity index is 1.61. The van der Waals surface area contributed by atoms with Gasteiger partial charge in [0.1, 0.15) is 6.79 Å². The van der Waals surface area contributed by atoms with Crippen LogP contribution in [0.3, 0.4) is 0 Å². The molecular formula is C15H26O2. The summed E-state index contributed by atoms with van der Waals surface area (Å²) in [6.07, 6.45) is 14.8. The highest BCUT2D eigenvalue weighted by Gasteiger charge is 2.40. The maximum atomic E-state index is 5.94. The summed E-state index contributed by atoms with van der Waals surface area (Å²) in [4.78, 5) is 0. The molecule has 0 N–H and O–H groups in total. The van der Waals surface area contributed by atoms with Crippen LogP contribution in [0.2, 0.25) is 0 Å². The number of hydrogen-bond acceptors (Lipinski definition) is 2. The number of ether oxygens (including phenoxy) is 2. The average molecular weight is 238 g/mol. The summed E-state index contributed by atoms with van der Waals surface area (Å²) in [6, 6.07) is 0. The molecule has 0 spiro atoms. The fourth-order valence-corrected chi connectivity index (χ4v) is 4.12. The second-order valence-electron chi connectivity index (χ2n) is 6.18. The highest BCUT2D eigenvalue weighted by atomic mass is 16.7. The van der Waals surface area contributed by atoms with Gasteiger partial charge in [-0.1, -0.05) is 38.5 Å². The van der Waals surface area contributed by atoms with Crippen LogP contribution in [0.4, 0.5) is 0 Å². The quantitative estimate of drug-likeness (QED) is 0.726. The largest absolute Gasteiger partial charge is 0.349 e. The SMILES string of the molecule is C1CCC([C@H]2OCO[C@@H]2C2CCCCC2)CC1. The van der Waals surface area contributed by atoms with Crippen LogP contribution in [-0.4, -0.2) is 19.0 Å². The summed E-state index contributed by atoms with van der Waals surface area (Å²) >= 11 is 0. The fraction of sp³-hybridized carbons (Fsp3) is 1.00. The Labute approximate surface area is 105 Å².